The third-order valence-electron chi connectivity index (χ3n) is 3.48. The standard InChI is InChI=1S/C14H18N2O5/c1-9-4-5-11(14(19)20)13(18)16(9)8-12(17)15-7-10-3-2-6-21-10/h4-5,10H,2-3,6-8H2,1H3,(H,15,17)(H,19,20). The van der Waals surface area contributed by atoms with Gasteiger partial charge in [0.25, 0.3) is 5.56 Å². The summed E-state index contributed by atoms with van der Waals surface area (Å²) in [6.07, 6.45) is 1.92. The summed E-state index contributed by atoms with van der Waals surface area (Å²) in [6.45, 7) is 2.57. The lowest BCUT2D eigenvalue weighted by Crippen LogP contribution is -2.38. The summed E-state index contributed by atoms with van der Waals surface area (Å²) >= 11 is 0. The van der Waals surface area contributed by atoms with Crippen LogP contribution in [0.5, 0.6) is 0 Å². The number of carbonyl (C=O) groups excluding carboxylic acids is 1. The van der Waals surface area contributed by atoms with E-state index in [0.29, 0.717) is 18.8 Å². The van der Waals surface area contributed by atoms with Gasteiger partial charge in [0.05, 0.1) is 6.10 Å². The van der Waals surface area contributed by atoms with Gasteiger partial charge in [-0.3, -0.25) is 9.59 Å². The molecule has 2 N–H and O–H groups in total. The van der Waals surface area contributed by atoms with Crippen LogP contribution in [0, 0.1) is 6.92 Å². The number of ether oxygens (including phenoxy) is 1. The Hall–Kier alpha value is -2.15. The first-order valence-corrected chi connectivity index (χ1v) is 6.81. The van der Waals surface area contributed by atoms with Crippen molar-refractivity contribution in [2.75, 3.05) is 13.2 Å². The molecule has 0 saturated carbocycles. The Labute approximate surface area is 121 Å². The number of nitrogens with zero attached hydrogens (tertiary/aromatic N) is 1. The van der Waals surface area contributed by atoms with Gasteiger partial charge in [-0.25, -0.2) is 4.79 Å². The third-order valence-corrected chi connectivity index (χ3v) is 3.48. The Bertz CT molecular complexity index is 602. The molecule has 0 spiro atoms. The smallest absolute Gasteiger partial charge is 0.341 e. The minimum atomic E-state index is -1.30. The van der Waals surface area contributed by atoms with E-state index in [-0.39, 0.29) is 24.1 Å². The number of aromatic carboxylic acids is 1. The van der Waals surface area contributed by atoms with Crippen molar-refractivity contribution in [2.24, 2.45) is 0 Å². The van der Waals surface area contributed by atoms with E-state index < -0.39 is 11.5 Å². The van der Waals surface area contributed by atoms with Gasteiger partial charge in [-0.2, -0.15) is 0 Å². The van der Waals surface area contributed by atoms with Gasteiger partial charge in [0.1, 0.15) is 12.1 Å². The van der Waals surface area contributed by atoms with Crippen molar-refractivity contribution in [3.05, 3.63) is 33.7 Å². The van der Waals surface area contributed by atoms with Crippen LogP contribution in [0.15, 0.2) is 16.9 Å². The van der Waals surface area contributed by atoms with Crippen LogP contribution in [0.4, 0.5) is 0 Å². The number of pyridine rings is 1. The Balaban J connectivity index is 2.04. The van der Waals surface area contributed by atoms with E-state index in [1.165, 1.54) is 12.1 Å². The van der Waals surface area contributed by atoms with Crippen LogP contribution in [-0.4, -0.2) is 40.8 Å². The Morgan fingerprint density at radius 2 is 2.24 bits per heavy atom. The van der Waals surface area contributed by atoms with E-state index in [4.69, 9.17) is 9.84 Å². The van der Waals surface area contributed by atoms with Gasteiger partial charge in [0, 0.05) is 18.8 Å². The Morgan fingerprint density at radius 3 is 2.86 bits per heavy atom. The molecule has 7 heteroatoms. The molecule has 0 aromatic carbocycles. The first-order chi connectivity index (χ1) is 9.99. The molecule has 21 heavy (non-hydrogen) atoms. The van der Waals surface area contributed by atoms with Gasteiger partial charge in [-0.05, 0) is 31.9 Å². The van der Waals surface area contributed by atoms with Crippen LogP contribution < -0.4 is 10.9 Å². The van der Waals surface area contributed by atoms with E-state index in [2.05, 4.69) is 5.32 Å². The van der Waals surface area contributed by atoms with Gasteiger partial charge >= 0.3 is 5.97 Å². The first kappa shape index (κ1) is 15.2. The number of carboxylic acid groups (broad SMARTS) is 1. The number of carbonyl (C=O) groups is 2. The maximum Gasteiger partial charge on any atom is 0.341 e. The molecule has 1 fully saturated rings. The second-order valence-electron chi connectivity index (χ2n) is 5.02. The molecule has 1 amide bonds. The van der Waals surface area contributed by atoms with Crippen LogP contribution in [0.2, 0.25) is 0 Å². The third kappa shape index (κ3) is 3.69. The molecule has 7 nitrogen and oxygen atoms in total. The predicted molar refractivity (Wildman–Crippen MR) is 74.4 cm³/mol. The van der Waals surface area contributed by atoms with E-state index >= 15 is 0 Å². The number of rotatable bonds is 5. The van der Waals surface area contributed by atoms with E-state index in [1.807, 2.05) is 0 Å². The molecule has 0 aliphatic carbocycles. The largest absolute Gasteiger partial charge is 0.477 e. The van der Waals surface area contributed by atoms with Crippen molar-refractivity contribution in [2.45, 2.75) is 32.4 Å². The number of nitrogens with one attached hydrogen (secondary N) is 1. The van der Waals surface area contributed by atoms with Crippen molar-refractivity contribution >= 4 is 11.9 Å². The second kappa shape index (κ2) is 6.53. The van der Waals surface area contributed by atoms with Gasteiger partial charge in [-0.15, -0.1) is 0 Å². The van der Waals surface area contributed by atoms with E-state index in [9.17, 15) is 14.4 Å². The molecule has 0 radical (unpaired) electrons. The number of aromatic nitrogens is 1. The summed E-state index contributed by atoms with van der Waals surface area (Å²) in [7, 11) is 0. The number of carboxylic acids is 1. The molecule has 2 rings (SSSR count). The van der Waals surface area contributed by atoms with Crippen LogP contribution in [0.1, 0.15) is 28.9 Å². The summed E-state index contributed by atoms with van der Waals surface area (Å²) in [4.78, 5) is 34.8. The lowest BCUT2D eigenvalue weighted by Gasteiger charge is -2.13. The van der Waals surface area contributed by atoms with Crippen molar-refractivity contribution in [3.8, 4) is 0 Å². The molecule has 1 unspecified atom stereocenters. The lowest BCUT2D eigenvalue weighted by atomic mass is 10.2. The SMILES string of the molecule is Cc1ccc(C(=O)O)c(=O)n1CC(=O)NCC1CCCO1. The Morgan fingerprint density at radius 1 is 1.48 bits per heavy atom. The normalized spacial score (nSPS) is 17.7. The highest BCUT2D eigenvalue weighted by Crippen LogP contribution is 2.10. The van der Waals surface area contributed by atoms with Crippen LogP contribution in [0.3, 0.4) is 0 Å². The first-order valence-electron chi connectivity index (χ1n) is 6.81. The second-order valence-corrected chi connectivity index (χ2v) is 5.02. The number of hydrogen-bond donors (Lipinski definition) is 2. The van der Waals surface area contributed by atoms with Crippen molar-refractivity contribution in [1.29, 1.82) is 0 Å². The summed E-state index contributed by atoms with van der Waals surface area (Å²) in [5, 5.41) is 11.6. The minimum absolute atomic E-state index is 0.0251. The molecule has 1 aliphatic heterocycles. The van der Waals surface area contributed by atoms with E-state index in [1.54, 1.807) is 6.92 Å². The van der Waals surface area contributed by atoms with Crippen molar-refractivity contribution in [1.82, 2.24) is 9.88 Å². The molecular formula is C14H18N2O5. The van der Waals surface area contributed by atoms with Gasteiger partial charge in [0.2, 0.25) is 5.91 Å². The fraction of sp³-hybridized carbons (Fsp3) is 0.500. The maximum atomic E-state index is 12.0. The predicted octanol–water partition coefficient (Wildman–Crippen LogP) is 0.150. The topological polar surface area (TPSA) is 97.6 Å². The van der Waals surface area contributed by atoms with Gasteiger partial charge < -0.3 is 19.7 Å². The van der Waals surface area contributed by atoms with Crippen LogP contribution >= 0.6 is 0 Å². The quantitative estimate of drug-likeness (QED) is 0.805. The minimum Gasteiger partial charge on any atom is -0.477 e. The molecule has 2 heterocycles. The van der Waals surface area contributed by atoms with Crippen molar-refractivity contribution in [3.63, 3.8) is 0 Å². The van der Waals surface area contributed by atoms with Crippen LogP contribution in [-0.2, 0) is 16.1 Å². The summed E-state index contributed by atoms with van der Waals surface area (Å²) in [5.41, 5.74) is -0.473. The Kier molecular flexibility index (Phi) is 4.74. The monoisotopic (exact) mass is 294 g/mol. The highest BCUT2D eigenvalue weighted by molar-refractivity contribution is 5.87. The average molecular weight is 294 g/mol. The molecular weight excluding hydrogens is 276 g/mol. The molecule has 114 valence electrons. The molecule has 1 saturated heterocycles. The number of aryl methyl sites for hydroxylation is 1. The molecule has 1 aromatic rings. The lowest BCUT2D eigenvalue weighted by molar-refractivity contribution is -0.122. The number of hydrogen-bond acceptors (Lipinski definition) is 4. The van der Waals surface area contributed by atoms with E-state index in [0.717, 1.165) is 17.4 Å². The fourth-order valence-corrected chi connectivity index (χ4v) is 2.26. The highest BCUT2D eigenvalue weighted by Gasteiger charge is 2.18. The zero-order valence-corrected chi connectivity index (χ0v) is 11.8. The highest BCUT2D eigenvalue weighted by atomic mass is 16.5. The van der Waals surface area contributed by atoms with Crippen LogP contribution in [0.25, 0.3) is 0 Å². The molecule has 1 aromatic heterocycles. The van der Waals surface area contributed by atoms with Crippen molar-refractivity contribution < 1.29 is 19.4 Å². The maximum absolute atomic E-state index is 12.0. The molecule has 0 bridgehead atoms. The number of amides is 1. The van der Waals surface area contributed by atoms with Gasteiger partial charge in [-0.1, -0.05) is 0 Å². The fourth-order valence-electron chi connectivity index (χ4n) is 2.26. The molecule has 1 aliphatic rings. The zero-order chi connectivity index (χ0) is 15.4. The zero-order valence-electron chi connectivity index (χ0n) is 11.8. The summed E-state index contributed by atoms with van der Waals surface area (Å²) in [5.74, 6) is -1.63. The average Bonchev–Trinajstić information content (AvgIpc) is 2.94. The van der Waals surface area contributed by atoms with Gasteiger partial charge in [0.15, 0.2) is 0 Å². The molecule has 1 atom stereocenters. The summed E-state index contributed by atoms with van der Waals surface area (Å²) < 4.78 is 6.55. The summed E-state index contributed by atoms with van der Waals surface area (Å²) in [6, 6.07) is 2.76.